The maximum absolute atomic E-state index is 15.1. The van der Waals surface area contributed by atoms with Crippen molar-refractivity contribution in [2.75, 3.05) is 12.8 Å². The largest absolute Gasteiger partial charge is 0.436 e. The van der Waals surface area contributed by atoms with E-state index < -0.39 is 40.4 Å². The fourth-order valence-electron chi connectivity index (χ4n) is 3.39. The number of pyridine rings is 1. The van der Waals surface area contributed by atoms with Gasteiger partial charge in [0.15, 0.2) is 11.6 Å². The molecule has 31 heavy (non-hydrogen) atoms. The van der Waals surface area contributed by atoms with Crippen molar-refractivity contribution in [3.63, 3.8) is 0 Å². The average Bonchev–Trinajstić information content (AvgIpc) is 2.93. The summed E-state index contributed by atoms with van der Waals surface area (Å²) in [4.78, 5) is 4.31. The smallest absolute Gasteiger partial charge is 0.277 e. The average molecular weight is 459 g/mol. The van der Waals surface area contributed by atoms with Crippen LogP contribution in [0.15, 0.2) is 30.3 Å². The van der Waals surface area contributed by atoms with Crippen molar-refractivity contribution >= 4 is 10.0 Å². The lowest BCUT2D eigenvalue weighted by Crippen LogP contribution is -2.51. The van der Waals surface area contributed by atoms with E-state index in [1.165, 1.54) is 18.2 Å². The predicted molar refractivity (Wildman–Crippen MR) is 110 cm³/mol. The molecule has 0 bridgehead atoms. The number of nitrogens with one attached hydrogen (secondary N) is 2. The molecule has 0 amide bonds. The monoisotopic (exact) mass is 458 g/mol. The summed E-state index contributed by atoms with van der Waals surface area (Å²) in [6, 6.07) is 4.85. The Morgan fingerprint density at radius 3 is 2.71 bits per heavy atom. The number of benzene rings is 1. The Labute approximate surface area is 179 Å². The Hall–Kier alpha value is -2.21. The first kappa shape index (κ1) is 23.5. The molecule has 1 aliphatic heterocycles. The van der Waals surface area contributed by atoms with Crippen LogP contribution >= 0.6 is 0 Å². The second-order valence-electron chi connectivity index (χ2n) is 7.80. The summed E-state index contributed by atoms with van der Waals surface area (Å²) in [6.07, 6.45) is 0.636. The zero-order chi connectivity index (χ0) is 23.0. The maximum atomic E-state index is 15.1. The van der Waals surface area contributed by atoms with Crippen molar-refractivity contribution in [2.24, 2.45) is 5.73 Å². The summed E-state index contributed by atoms with van der Waals surface area (Å²) in [5.74, 6) is -3.97. The number of nitrogens with two attached hydrogens (primary N) is 1. The minimum atomic E-state index is -3.89. The normalized spacial score (nSPS) is 21.8. The van der Waals surface area contributed by atoms with Crippen LogP contribution in [0, 0.1) is 12.7 Å². The van der Waals surface area contributed by atoms with Crippen LogP contribution < -0.4 is 20.5 Å². The van der Waals surface area contributed by atoms with Gasteiger partial charge in [0.2, 0.25) is 15.9 Å². The van der Waals surface area contributed by atoms with E-state index in [-0.39, 0.29) is 29.7 Å². The SMILES string of the molecule is Cc1ccc(C(C)N)nc1Oc1cccc(C[C@@H]2NCC(F)(F)[C@@H]2NS(C)(=O)=O)c1F. The number of rotatable bonds is 7. The lowest BCUT2D eigenvalue weighted by atomic mass is 9.99. The number of sulfonamides is 1. The van der Waals surface area contributed by atoms with Gasteiger partial charge in [-0.2, -0.15) is 0 Å². The van der Waals surface area contributed by atoms with Gasteiger partial charge in [-0.15, -0.1) is 0 Å². The van der Waals surface area contributed by atoms with Crippen LogP contribution in [0.1, 0.15) is 29.8 Å². The summed E-state index contributed by atoms with van der Waals surface area (Å²) in [5.41, 5.74) is 7.19. The molecule has 1 fully saturated rings. The zero-order valence-electron chi connectivity index (χ0n) is 17.3. The van der Waals surface area contributed by atoms with Crippen molar-refractivity contribution in [3.05, 3.63) is 53.0 Å². The van der Waals surface area contributed by atoms with Gasteiger partial charge >= 0.3 is 0 Å². The molecule has 3 rings (SSSR count). The Balaban J connectivity index is 1.85. The highest BCUT2D eigenvalue weighted by atomic mass is 32.2. The van der Waals surface area contributed by atoms with Crippen LogP contribution in [0.4, 0.5) is 13.2 Å². The Kier molecular flexibility index (Phi) is 6.61. The van der Waals surface area contributed by atoms with Gasteiger partial charge in [0.1, 0.15) is 6.04 Å². The van der Waals surface area contributed by atoms with Crippen LogP contribution in [-0.2, 0) is 16.4 Å². The van der Waals surface area contributed by atoms with Crippen molar-refractivity contribution in [1.82, 2.24) is 15.0 Å². The molecule has 0 saturated carbocycles. The number of ether oxygens (including phenoxy) is 1. The molecule has 0 radical (unpaired) electrons. The Bertz CT molecular complexity index is 1060. The summed E-state index contributed by atoms with van der Waals surface area (Å²) >= 11 is 0. The number of nitrogens with zero attached hydrogens (tertiary/aromatic N) is 1. The highest BCUT2D eigenvalue weighted by Crippen LogP contribution is 2.32. The number of hydrogen-bond donors (Lipinski definition) is 3. The lowest BCUT2D eigenvalue weighted by Gasteiger charge is -2.24. The highest BCUT2D eigenvalue weighted by molar-refractivity contribution is 7.88. The van der Waals surface area contributed by atoms with E-state index in [0.29, 0.717) is 11.3 Å². The molecular formula is C20H25F3N4O3S. The van der Waals surface area contributed by atoms with Crippen molar-refractivity contribution in [1.29, 1.82) is 0 Å². The third-order valence-electron chi connectivity index (χ3n) is 5.03. The first-order valence-corrected chi connectivity index (χ1v) is 11.5. The van der Waals surface area contributed by atoms with Crippen molar-refractivity contribution in [2.45, 2.75) is 44.3 Å². The third-order valence-corrected chi connectivity index (χ3v) is 5.71. The molecular weight excluding hydrogens is 433 g/mol. The standard InChI is InChI=1S/C20H25F3N4O3S/c1-11-7-8-14(12(2)24)26-19(11)30-16-6-4-5-13(17(16)21)9-15-18(27-31(3,28)29)20(22,23)10-25-15/h4-8,12,15,18,25,27H,9-10,24H2,1-3H3/t12?,15-,18+/m0/s1. The van der Waals surface area contributed by atoms with E-state index >= 15 is 4.39 Å². The maximum Gasteiger partial charge on any atom is 0.277 e. The summed E-state index contributed by atoms with van der Waals surface area (Å²) in [6.45, 7) is 2.80. The minimum absolute atomic E-state index is 0.106. The molecule has 1 unspecified atom stereocenters. The van der Waals surface area contributed by atoms with Gasteiger partial charge in [-0.05, 0) is 38.0 Å². The third kappa shape index (κ3) is 5.53. The van der Waals surface area contributed by atoms with E-state index in [1.54, 1.807) is 26.0 Å². The number of aromatic nitrogens is 1. The molecule has 4 N–H and O–H groups in total. The number of alkyl halides is 2. The van der Waals surface area contributed by atoms with E-state index in [9.17, 15) is 17.2 Å². The van der Waals surface area contributed by atoms with E-state index in [1.807, 2.05) is 4.72 Å². The fourth-order valence-corrected chi connectivity index (χ4v) is 4.19. The van der Waals surface area contributed by atoms with Crippen molar-refractivity contribution < 1.29 is 26.3 Å². The first-order chi connectivity index (χ1) is 14.4. The molecule has 1 aromatic carbocycles. The topological polar surface area (TPSA) is 106 Å². The van der Waals surface area contributed by atoms with Gasteiger partial charge in [0.25, 0.3) is 5.92 Å². The van der Waals surface area contributed by atoms with Gasteiger partial charge in [-0.1, -0.05) is 18.2 Å². The van der Waals surface area contributed by atoms with Gasteiger partial charge < -0.3 is 15.8 Å². The molecule has 11 heteroatoms. The molecule has 3 atom stereocenters. The molecule has 2 heterocycles. The predicted octanol–water partition coefficient (Wildman–Crippen LogP) is 2.41. The van der Waals surface area contributed by atoms with E-state index in [4.69, 9.17) is 10.5 Å². The molecule has 1 saturated heterocycles. The molecule has 2 aromatic rings. The van der Waals surface area contributed by atoms with Gasteiger partial charge in [0, 0.05) is 17.6 Å². The zero-order valence-corrected chi connectivity index (χ0v) is 18.1. The second kappa shape index (κ2) is 8.73. The lowest BCUT2D eigenvalue weighted by molar-refractivity contribution is -0.000842. The molecule has 170 valence electrons. The van der Waals surface area contributed by atoms with Crippen LogP contribution in [0.25, 0.3) is 0 Å². The molecule has 0 aliphatic carbocycles. The summed E-state index contributed by atoms with van der Waals surface area (Å²) in [7, 11) is -3.89. The van der Waals surface area contributed by atoms with Crippen LogP contribution in [0.5, 0.6) is 11.6 Å². The van der Waals surface area contributed by atoms with Gasteiger partial charge in [-0.3, -0.25) is 0 Å². The molecule has 0 spiro atoms. The summed E-state index contributed by atoms with van der Waals surface area (Å²) < 4.78 is 74.2. The molecule has 1 aromatic heterocycles. The number of hydrogen-bond acceptors (Lipinski definition) is 6. The first-order valence-electron chi connectivity index (χ1n) is 9.64. The fraction of sp³-hybridized carbons (Fsp3) is 0.450. The van der Waals surface area contributed by atoms with Crippen LogP contribution in [0.3, 0.4) is 0 Å². The summed E-state index contributed by atoms with van der Waals surface area (Å²) in [5, 5.41) is 2.58. The van der Waals surface area contributed by atoms with Gasteiger partial charge in [0.05, 0.1) is 18.5 Å². The van der Waals surface area contributed by atoms with Crippen LogP contribution in [-0.4, -0.2) is 44.2 Å². The second-order valence-corrected chi connectivity index (χ2v) is 9.58. The molecule has 7 nitrogen and oxygen atoms in total. The van der Waals surface area contributed by atoms with E-state index in [0.717, 1.165) is 6.26 Å². The quantitative estimate of drug-likeness (QED) is 0.588. The van der Waals surface area contributed by atoms with Crippen molar-refractivity contribution in [3.8, 4) is 11.6 Å². The number of aryl methyl sites for hydroxylation is 1. The Morgan fingerprint density at radius 1 is 1.35 bits per heavy atom. The van der Waals surface area contributed by atoms with Crippen LogP contribution in [0.2, 0.25) is 0 Å². The molecule has 1 aliphatic rings. The number of halogens is 3. The minimum Gasteiger partial charge on any atom is -0.436 e. The Morgan fingerprint density at radius 2 is 2.06 bits per heavy atom. The highest BCUT2D eigenvalue weighted by Gasteiger charge is 2.51. The van der Waals surface area contributed by atoms with Gasteiger partial charge in [-0.25, -0.2) is 31.3 Å². The van der Waals surface area contributed by atoms with E-state index in [2.05, 4.69) is 10.3 Å².